The van der Waals surface area contributed by atoms with Gasteiger partial charge in [-0.15, -0.1) is 34.0 Å². The molecule has 0 aliphatic heterocycles. The zero-order valence-corrected chi connectivity index (χ0v) is 72.7. The standard InChI is InChI=1S/3C42H26S/c1-2-16-30-27(12-1)13-10-22-31(30)28-14-9-15-29(26-28)40-33-18-3-5-20-35(33)41(36-21-6-4-19-34(36)40)38-24-11-23-37-32-17-7-8-25-39(32)43-42(37)38;1-2-13-30-27(11-1)12-9-19-31(30)28-23-25-29(26-24-28)40-33-15-3-5-17-35(33)41(36-18-6-4-16-34(36)40)38-21-10-20-37-32-14-7-8-22-39(32)43-42(37)38;1-2-13-28-26-29(25-24-27(28)12-1)30-14-3-4-16-32(30)40-33-17-5-7-19-35(33)41(36-20-8-6-18-34(36)40)38-22-11-21-37-31-15-9-10-23-39(31)43-42(37)38/h3*1-26H. The summed E-state index contributed by atoms with van der Waals surface area (Å²) in [6, 6.07) is 174. The number of benzene rings is 24. The van der Waals surface area contributed by atoms with Crippen molar-refractivity contribution in [3.8, 4) is 100 Å². The van der Waals surface area contributed by atoms with Crippen LogP contribution in [-0.4, -0.2) is 0 Å². The highest BCUT2D eigenvalue weighted by atomic mass is 32.1. The van der Waals surface area contributed by atoms with E-state index in [4.69, 9.17) is 0 Å². The minimum Gasteiger partial charge on any atom is -0.135 e. The van der Waals surface area contributed by atoms with E-state index in [2.05, 4.69) is 473 Å². The Morgan fingerprint density at radius 2 is 0.349 bits per heavy atom. The van der Waals surface area contributed by atoms with E-state index >= 15 is 0 Å². The zero-order chi connectivity index (χ0) is 85.0. The lowest BCUT2D eigenvalue weighted by atomic mass is 9.83. The molecule has 0 fully saturated rings. The summed E-state index contributed by atoms with van der Waals surface area (Å²) >= 11 is 5.70. The van der Waals surface area contributed by atoms with Gasteiger partial charge in [0.15, 0.2) is 0 Å². The molecule has 0 bridgehead atoms. The SMILES string of the molecule is c1cc(-c2cccc3ccccc23)cc(-c2c3ccccc3c(-c3cccc4c3sc3ccccc34)c3ccccc23)c1.c1ccc(-c2c3ccccc3c(-c3cccc4c3sc3ccccc34)c3ccccc23)c(-c2ccc3ccccc3c2)c1.c1ccc2c(-c3ccc(-c4c5ccccc5c(-c5cccc6c5sc5ccccc56)c5ccccc45)cc3)cccc2c1. The molecule has 600 valence electrons. The molecule has 0 radical (unpaired) electrons. The first-order valence-corrected chi connectivity index (χ1v) is 46.8. The highest BCUT2D eigenvalue weighted by Crippen LogP contribution is 2.54. The fourth-order valence-corrected chi connectivity index (χ4v) is 24.6. The van der Waals surface area contributed by atoms with E-state index in [1.54, 1.807) is 0 Å². The van der Waals surface area contributed by atoms with Gasteiger partial charge >= 0.3 is 0 Å². The van der Waals surface area contributed by atoms with Gasteiger partial charge in [0.05, 0.1) is 0 Å². The first kappa shape index (κ1) is 75.8. The predicted molar refractivity (Wildman–Crippen MR) is 564 cm³/mol. The van der Waals surface area contributed by atoms with E-state index in [1.165, 1.54) is 258 Å². The highest BCUT2D eigenvalue weighted by molar-refractivity contribution is 7.27. The molecule has 3 heterocycles. The molecule has 0 spiro atoms. The summed E-state index contributed by atoms with van der Waals surface area (Å²) in [7, 11) is 0. The van der Waals surface area contributed by atoms with Gasteiger partial charge < -0.3 is 0 Å². The summed E-state index contributed by atoms with van der Waals surface area (Å²) in [5, 5.41) is 31.0. The van der Waals surface area contributed by atoms with E-state index in [-0.39, 0.29) is 0 Å². The molecule has 0 aliphatic rings. The maximum atomic E-state index is 2.38. The van der Waals surface area contributed by atoms with Crippen LogP contribution in [0.4, 0.5) is 0 Å². The van der Waals surface area contributed by atoms with Crippen LogP contribution < -0.4 is 0 Å². The summed E-state index contributed by atoms with van der Waals surface area (Å²) in [6.07, 6.45) is 0. The van der Waals surface area contributed by atoms with Crippen molar-refractivity contribution in [3.63, 3.8) is 0 Å². The van der Waals surface area contributed by atoms with Crippen molar-refractivity contribution in [2.24, 2.45) is 0 Å². The average molecular weight is 1690 g/mol. The summed E-state index contributed by atoms with van der Waals surface area (Å²) in [5.41, 5.74) is 23.0. The van der Waals surface area contributed by atoms with Crippen molar-refractivity contribution >= 4 is 191 Å². The maximum Gasteiger partial charge on any atom is 0.0434 e. The number of thiophene rings is 3. The van der Waals surface area contributed by atoms with Crippen LogP contribution in [0.25, 0.3) is 258 Å². The van der Waals surface area contributed by atoms with Crippen molar-refractivity contribution in [2.45, 2.75) is 0 Å². The van der Waals surface area contributed by atoms with Gasteiger partial charge in [0.2, 0.25) is 0 Å². The van der Waals surface area contributed by atoms with Crippen LogP contribution in [0, 0.1) is 0 Å². The second kappa shape index (κ2) is 31.7. The molecule has 0 unspecified atom stereocenters. The van der Waals surface area contributed by atoms with Crippen LogP contribution in [0.3, 0.4) is 0 Å². The summed E-state index contributed by atoms with van der Waals surface area (Å²) in [5.74, 6) is 0. The molecule has 0 atom stereocenters. The molecule has 0 saturated heterocycles. The van der Waals surface area contributed by atoms with Gasteiger partial charge in [0, 0.05) is 77.2 Å². The molecular weight excluding hydrogens is 1610 g/mol. The van der Waals surface area contributed by atoms with Gasteiger partial charge in [0.25, 0.3) is 0 Å². The third-order valence-electron chi connectivity index (χ3n) is 26.6. The molecule has 0 aliphatic carbocycles. The Hall–Kier alpha value is -15.7. The van der Waals surface area contributed by atoms with Crippen LogP contribution in [-0.2, 0) is 0 Å². The number of hydrogen-bond donors (Lipinski definition) is 0. The van der Waals surface area contributed by atoms with Gasteiger partial charge in [-0.05, 0) is 211 Å². The van der Waals surface area contributed by atoms with Crippen LogP contribution in [0.5, 0.6) is 0 Å². The Morgan fingerprint density at radius 3 is 0.760 bits per heavy atom. The molecule has 0 amide bonds. The lowest BCUT2D eigenvalue weighted by Crippen LogP contribution is -1.92. The minimum atomic E-state index is 1.24. The lowest BCUT2D eigenvalue weighted by molar-refractivity contribution is 1.62. The van der Waals surface area contributed by atoms with Gasteiger partial charge in [-0.3, -0.25) is 0 Å². The van der Waals surface area contributed by atoms with Crippen LogP contribution in [0.1, 0.15) is 0 Å². The molecule has 27 rings (SSSR count). The molecule has 27 aromatic rings. The Bertz CT molecular complexity index is 9030. The first-order valence-electron chi connectivity index (χ1n) is 44.3. The molecule has 0 saturated carbocycles. The summed E-state index contributed by atoms with van der Waals surface area (Å²) in [4.78, 5) is 0. The predicted octanol–water partition coefficient (Wildman–Crippen LogP) is 37.5. The molecular formula is C126H78S3. The van der Waals surface area contributed by atoms with Gasteiger partial charge in [-0.2, -0.15) is 0 Å². The molecule has 24 aromatic carbocycles. The van der Waals surface area contributed by atoms with E-state index in [9.17, 15) is 0 Å². The smallest absolute Gasteiger partial charge is 0.0434 e. The lowest BCUT2D eigenvalue weighted by Gasteiger charge is -2.20. The number of hydrogen-bond acceptors (Lipinski definition) is 3. The van der Waals surface area contributed by atoms with E-state index < -0.39 is 0 Å². The Balaban J connectivity index is 0.000000105. The van der Waals surface area contributed by atoms with Gasteiger partial charge in [-0.25, -0.2) is 0 Å². The van der Waals surface area contributed by atoms with Crippen molar-refractivity contribution in [1.29, 1.82) is 0 Å². The first-order chi connectivity index (χ1) is 64.0. The highest BCUT2D eigenvalue weighted by Gasteiger charge is 2.26. The van der Waals surface area contributed by atoms with E-state index in [1.807, 2.05) is 34.0 Å². The fraction of sp³-hybridized carbons (Fsp3) is 0. The molecule has 129 heavy (non-hydrogen) atoms. The van der Waals surface area contributed by atoms with Gasteiger partial charge in [0.1, 0.15) is 0 Å². The largest absolute Gasteiger partial charge is 0.135 e. The Morgan fingerprint density at radius 1 is 0.109 bits per heavy atom. The number of fused-ring (bicyclic) bond motifs is 18. The molecule has 3 aromatic heterocycles. The molecule has 0 nitrogen and oxygen atoms in total. The van der Waals surface area contributed by atoms with Gasteiger partial charge in [-0.1, -0.05) is 443 Å². The molecule has 3 heteroatoms. The second-order valence-electron chi connectivity index (χ2n) is 33.7. The number of rotatable bonds is 9. The van der Waals surface area contributed by atoms with Crippen LogP contribution in [0.15, 0.2) is 473 Å². The third kappa shape index (κ3) is 12.8. The second-order valence-corrected chi connectivity index (χ2v) is 36.8. The normalized spacial score (nSPS) is 11.7. The topological polar surface area (TPSA) is 0 Å². The van der Waals surface area contributed by atoms with Crippen LogP contribution >= 0.6 is 34.0 Å². The van der Waals surface area contributed by atoms with Crippen LogP contribution in [0.2, 0.25) is 0 Å². The molecule has 0 N–H and O–H groups in total. The van der Waals surface area contributed by atoms with Crippen molar-refractivity contribution in [3.05, 3.63) is 473 Å². The third-order valence-corrected chi connectivity index (χ3v) is 30.3. The van der Waals surface area contributed by atoms with Crippen molar-refractivity contribution in [1.82, 2.24) is 0 Å². The Labute approximate surface area is 758 Å². The van der Waals surface area contributed by atoms with Crippen molar-refractivity contribution < 1.29 is 0 Å². The van der Waals surface area contributed by atoms with Crippen molar-refractivity contribution in [2.75, 3.05) is 0 Å². The minimum absolute atomic E-state index is 1.24. The summed E-state index contributed by atoms with van der Waals surface area (Å²) in [6.45, 7) is 0. The zero-order valence-electron chi connectivity index (χ0n) is 70.3. The van der Waals surface area contributed by atoms with E-state index in [0.717, 1.165) is 0 Å². The quantitative estimate of drug-likeness (QED) is 0.126. The Kier molecular flexibility index (Phi) is 18.6. The average Bonchev–Trinajstić information content (AvgIpc) is 1.72. The summed E-state index contributed by atoms with van der Waals surface area (Å²) < 4.78 is 8.06. The van der Waals surface area contributed by atoms with E-state index in [0.29, 0.717) is 0 Å². The maximum absolute atomic E-state index is 2.38. The fourth-order valence-electron chi connectivity index (χ4n) is 20.9. The monoisotopic (exact) mass is 1690 g/mol.